The van der Waals surface area contributed by atoms with Crippen LogP contribution in [0.2, 0.25) is 0 Å². The highest BCUT2D eigenvalue weighted by Crippen LogP contribution is 2.31. The first-order chi connectivity index (χ1) is 13.6. The molecule has 0 spiro atoms. The summed E-state index contributed by atoms with van der Waals surface area (Å²) in [7, 11) is -7.66. The van der Waals surface area contributed by atoms with Crippen LogP contribution in [0.15, 0.2) is 47.4 Å². The molecule has 29 heavy (non-hydrogen) atoms. The molecule has 2 heterocycles. The van der Waals surface area contributed by atoms with E-state index < -0.39 is 31.9 Å². The minimum absolute atomic E-state index is 0.0613. The number of nitrogens with zero attached hydrogens (tertiary/aromatic N) is 2. The number of aryl methyl sites for hydroxylation is 1. The van der Waals surface area contributed by atoms with Gasteiger partial charge < -0.3 is 0 Å². The first kappa shape index (κ1) is 19.8. The Morgan fingerprint density at radius 2 is 1.86 bits per heavy atom. The van der Waals surface area contributed by atoms with Crippen LogP contribution in [0.25, 0.3) is 10.2 Å². The van der Waals surface area contributed by atoms with Gasteiger partial charge in [0.15, 0.2) is 5.13 Å². The number of hydrogen-bond acceptors (Lipinski definition) is 7. The number of sulfonamides is 2. The molecule has 0 radical (unpaired) electrons. The lowest BCUT2D eigenvalue weighted by Crippen LogP contribution is -2.30. The van der Waals surface area contributed by atoms with Gasteiger partial charge in [0.25, 0.3) is 10.0 Å². The molecule has 0 saturated carbocycles. The van der Waals surface area contributed by atoms with Gasteiger partial charge >= 0.3 is 0 Å². The molecular formula is C18H17N3O5S3. The number of thiazole rings is 1. The number of rotatable bonds is 4. The third-order valence-electron chi connectivity index (χ3n) is 4.51. The van der Waals surface area contributed by atoms with Crippen LogP contribution >= 0.6 is 11.3 Å². The topological polar surface area (TPSA) is 114 Å². The number of fused-ring (bicyclic) bond motifs is 1. The third-order valence-corrected chi connectivity index (χ3v) is 8.79. The summed E-state index contributed by atoms with van der Waals surface area (Å²) in [5, 5.41) is 0.237. The van der Waals surface area contributed by atoms with Crippen molar-refractivity contribution < 1.29 is 21.6 Å². The van der Waals surface area contributed by atoms with Gasteiger partial charge in [0, 0.05) is 0 Å². The monoisotopic (exact) mass is 451 g/mol. The smallest absolute Gasteiger partial charge is 0.263 e. The zero-order chi connectivity index (χ0) is 21.0. The quantitative estimate of drug-likeness (QED) is 0.652. The van der Waals surface area contributed by atoms with E-state index in [0.29, 0.717) is 5.52 Å². The fourth-order valence-corrected chi connectivity index (χ4v) is 7.12. The normalized spacial score (nSPS) is 19.0. The van der Waals surface area contributed by atoms with Crippen molar-refractivity contribution in [3.05, 3.63) is 48.0 Å². The number of aromatic nitrogens is 1. The largest absolute Gasteiger partial charge is 0.273 e. The zero-order valence-corrected chi connectivity index (χ0v) is 17.9. The Balaban J connectivity index is 1.61. The molecule has 1 atom stereocenters. The maximum atomic E-state index is 12.7. The molecule has 1 fully saturated rings. The Labute approximate surface area is 172 Å². The zero-order valence-electron chi connectivity index (χ0n) is 15.5. The van der Waals surface area contributed by atoms with E-state index in [1.807, 2.05) is 25.1 Å². The molecule has 8 nitrogen and oxygen atoms in total. The van der Waals surface area contributed by atoms with Gasteiger partial charge in [-0.1, -0.05) is 24.3 Å². The second-order valence-electron chi connectivity index (χ2n) is 6.87. The van der Waals surface area contributed by atoms with Crippen LogP contribution < -0.4 is 9.03 Å². The van der Waals surface area contributed by atoms with Crippen molar-refractivity contribution in [2.24, 2.45) is 5.92 Å². The van der Waals surface area contributed by atoms with E-state index in [9.17, 15) is 21.6 Å². The molecular weight excluding hydrogens is 434 g/mol. The molecule has 1 aliphatic rings. The Morgan fingerprint density at radius 3 is 2.48 bits per heavy atom. The van der Waals surface area contributed by atoms with Gasteiger partial charge in [-0.25, -0.2) is 26.1 Å². The van der Waals surface area contributed by atoms with E-state index in [1.54, 1.807) is 6.92 Å². The molecule has 0 bridgehead atoms. The van der Waals surface area contributed by atoms with Crippen molar-refractivity contribution in [3.8, 4) is 0 Å². The summed E-state index contributed by atoms with van der Waals surface area (Å²) in [4.78, 5) is 16.4. The number of amides is 1. The molecule has 1 saturated heterocycles. The van der Waals surface area contributed by atoms with Crippen molar-refractivity contribution in [2.75, 3.05) is 14.8 Å². The molecule has 1 N–H and O–H groups in total. The standard InChI is InChI=1S/C18H17N3O5S3/c1-11-3-8-15-16(9-11)27-18(19-15)20-29(25,26)14-6-4-13(5-7-14)21-17(22)12(2)10-28(21,23)24/h3-9,12H,10H2,1-2H3,(H,19,20). The van der Waals surface area contributed by atoms with E-state index in [-0.39, 0.29) is 21.5 Å². The Bertz CT molecular complexity index is 1330. The lowest BCUT2D eigenvalue weighted by atomic mass is 10.2. The van der Waals surface area contributed by atoms with Gasteiger partial charge in [0.1, 0.15) is 0 Å². The van der Waals surface area contributed by atoms with E-state index in [1.165, 1.54) is 35.6 Å². The van der Waals surface area contributed by atoms with Crippen LogP contribution in [-0.4, -0.2) is 33.5 Å². The molecule has 152 valence electrons. The number of benzene rings is 2. The van der Waals surface area contributed by atoms with E-state index in [0.717, 1.165) is 14.6 Å². The number of nitrogens with one attached hydrogen (secondary N) is 1. The molecule has 3 aromatic rings. The molecule has 1 aliphatic heterocycles. The average molecular weight is 452 g/mol. The fraction of sp³-hybridized carbons (Fsp3) is 0.222. The molecule has 0 aliphatic carbocycles. The summed E-state index contributed by atoms with van der Waals surface area (Å²) in [6.07, 6.45) is 0. The Hall–Kier alpha value is -2.50. The van der Waals surface area contributed by atoms with Gasteiger partial charge in [-0.05, 0) is 48.9 Å². The summed E-state index contributed by atoms with van der Waals surface area (Å²) >= 11 is 1.22. The van der Waals surface area contributed by atoms with Crippen molar-refractivity contribution in [1.82, 2.24) is 4.98 Å². The first-order valence-electron chi connectivity index (χ1n) is 8.64. The first-order valence-corrected chi connectivity index (χ1v) is 12.5. The van der Waals surface area contributed by atoms with Crippen LogP contribution in [0, 0.1) is 12.8 Å². The van der Waals surface area contributed by atoms with Gasteiger partial charge in [0.2, 0.25) is 15.9 Å². The average Bonchev–Trinajstić information content (AvgIpc) is 3.10. The fourth-order valence-electron chi connectivity index (χ4n) is 3.10. The van der Waals surface area contributed by atoms with Crippen molar-refractivity contribution in [2.45, 2.75) is 18.7 Å². The highest BCUT2D eigenvalue weighted by Gasteiger charge is 2.42. The second kappa shape index (κ2) is 6.78. The van der Waals surface area contributed by atoms with Crippen molar-refractivity contribution in [1.29, 1.82) is 0 Å². The van der Waals surface area contributed by atoms with Crippen LogP contribution in [0.5, 0.6) is 0 Å². The maximum Gasteiger partial charge on any atom is 0.263 e. The predicted molar refractivity (Wildman–Crippen MR) is 112 cm³/mol. The summed E-state index contributed by atoms with van der Waals surface area (Å²) in [6.45, 7) is 3.48. The van der Waals surface area contributed by atoms with Crippen molar-refractivity contribution in [3.63, 3.8) is 0 Å². The summed E-state index contributed by atoms with van der Waals surface area (Å²) in [5.41, 5.74) is 1.86. The minimum Gasteiger partial charge on any atom is -0.273 e. The Morgan fingerprint density at radius 1 is 1.17 bits per heavy atom. The molecule has 1 unspecified atom stereocenters. The minimum atomic E-state index is -3.92. The third kappa shape index (κ3) is 3.61. The molecule has 1 amide bonds. The molecule has 1 aromatic heterocycles. The van der Waals surface area contributed by atoms with Gasteiger partial charge in [-0.15, -0.1) is 0 Å². The lowest BCUT2D eigenvalue weighted by molar-refractivity contribution is -0.119. The van der Waals surface area contributed by atoms with Crippen LogP contribution in [0.1, 0.15) is 12.5 Å². The Kier molecular flexibility index (Phi) is 4.63. The number of carbonyl (C=O) groups excluding carboxylic acids is 1. The summed E-state index contributed by atoms with van der Waals surface area (Å²) < 4.78 is 53.8. The molecule has 2 aromatic carbocycles. The highest BCUT2D eigenvalue weighted by molar-refractivity contribution is 7.94. The number of hydrogen-bond donors (Lipinski definition) is 1. The summed E-state index contributed by atoms with van der Waals surface area (Å²) in [5.74, 6) is -1.42. The lowest BCUT2D eigenvalue weighted by Gasteiger charge is -2.15. The highest BCUT2D eigenvalue weighted by atomic mass is 32.2. The molecule has 11 heteroatoms. The number of carbonyl (C=O) groups is 1. The van der Waals surface area contributed by atoms with Crippen LogP contribution in [0.3, 0.4) is 0 Å². The van der Waals surface area contributed by atoms with Gasteiger partial charge in [0.05, 0.1) is 32.5 Å². The van der Waals surface area contributed by atoms with E-state index in [2.05, 4.69) is 9.71 Å². The van der Waals surface area contributed by atoms with E-state index in [4.69, 9.17) is 0 Å². The predicted octanol–water partition coefficient (Wildman–Crippen LogP) is 2.72. The van der Waals surface area contributed by atoms with Gasteiger partial charge in [-0.3, -0.25) is 9.52 Å². The maximum absolute atomic E-state index is 12.7. The van der Waals surface area contributed by atoms with Gasteiger partial charge in [-0.2, -0.15) is 0 Å². The molecule has 4 rings (SSSR count). The van der Waals surface area contributed by atoms with E-state index >= 15 is 0 Å². The van der Waals surface area contributed by atoms with Crippen LogP contribution in [-0.2, 0) is 24.8 Å². The number of anilines is 2. The summed E-state index contributed by atoms with van der Waals surface area (Å²) in [6, 6.07) is 10.8. The van der Waals surface area contributed by atoms with Crippen molar-refractivity contribution >= 4 is 58.3 Å². The second-order valence-corrected chi connectivity index (χ2v) is 11.4. The SMILES string of the molecule is Cc1ccc2nc(NS(=O)(=O)c3ccc(N4C(=O)C(C)CS4(=O)=O)cc3)sc2c1. The van der Waals surface area contributed by atoms with Crippen LogP contribution in [0.4, 0.5) is 10.8 Å².